The number of carboxylic acid groups (broad SMARTS) is 1. The predicted molar refractivity (Wildman–Crippen MR) is 85.1 cm³/mol. The third-order valence-electron chi connectivity index (χ3n) is 3.35. The molecule has 0 amide bonds. The first-order valence-corrected chi connectivity index (χ1v) is 8.24. The summed E-state index contributed by atoms with van der Waals surface area (Å²) in [7, 11) is -2.74. The fourth-order valence-corrected chi connectivity index (χ4v) is 3.29. The third kappa shape index (κ3) is 3.30. The highest BCUT2D eigenvalue weighted by Gasteiger charge is 2.24. The first-order chi connectivity index (χ1) is 10.6. The smallest absolute Gasteiger partial charge is 0.338 e. The van der Waals surface area contributed by atoms with E-state index in [1.807, 2.05) is 0 Å². The quantitative estimate of drug-likeness (QED) is 0.910. The number of aryl methyl sites for hydroxylation is 1. The molecule has 0 unspecified atom stereocenters. The van der Waals surface area contributed by atoms with Gasteiger partial charge in [0.05, 0.1) is 16.1 Å². The van der Waals surface area contributed by atoms with Gasteiger partial charge in [-0.2, -0.15) is 0 Å². The molecule has 2 rings (SSSR count). The number of nitrogens with zero attached hydrogens (tertiary/aromatic N) is 1. The summed E-state index contributed by atoms with van der Waals surface area (Å²) >= 11 is 5.99. The highest BCUT2D eigenvalue weighted by atomic mass is 35.5. The van der Waals surface area contributed by atoms with Gasteiger partial charge in [0, 0.05) is 12.1 Å². The summed E-state index contributed by atoms with van der Waals surface area (Å²) in [6.07, 6.45) is 0. The van der Waals surface area contributed by atoms with Crippen LogP contribution in [0.3, 0.4) is 0 Å². The molecule has 0 saturated carbocycles. The van der Waals surface area contributed by atoms with E-state index in [2.05, 4.69) is 0 Å². The van der Waals surface area contributed by atoms with Gasteiger partial charge < -0.3 is 5.11 Å². The molecule has 0 aromatic heterocycles. The average Bonchev–Trinajstić information content (AvgIpc) is 2.49. The van der Waals surface area contributed by atoms with Crippen LogP contribution in [0.1, 0.15) is 15.9 Å². The Bertz CT molecular complexity index is 883. The average molecular weight is 358 g/mol. The van der Waals surface area contributed by atoms with E-state index in [9.17, 15) is 17.6 Å². The standard InChI is InChI=1S/C15H13ClFNO4S/c1-9-3-4-10(7-13(9)16)18(2)23(21,22)11-5-6-14(17)12(8-11)15(19)20/h3-8H,1-2H3,(H,19,20). The lowest BCUT2D eigenvalue weighted by molar-refractivity contribution is 0.0691. The zero-order valence-electron chi connectivity index (χ0n) is 12.2. The zero-order chi connectivity index (χ0) is 17.4. The molecule has 0 spiro atoms. The summed E-state index contributed by atoms with van der Waals surface area (Å²) < 4.78 is 39.5. The van der Waals surface area contributed by atoms with E-state index in [1.54, 1.807) is 19.1 Å². The number of halogens is 2. The van der Waals surface area contributed by atoms with E-state index >= 15 is 0 Å². The van der Waals surface area contributed by atoms with Crippen molar-refractivity contribution in [3.63, 3.8) is 0 Å². The lowest BCUT2D eigenvalue weighted by Crippen LogP contribution is -2.27. The largest absolute Gasteiger partial charge is 0.478 e. The maximum absolute atomic E-state index is 13.4. The van der Waals surface area contributed by atoms with Gasteiger partial charge >= 0.3 is 5.97 Å². The molecule has 1 N–H and O–H groups in total. The van der Waals surface area contributed by atoms with Crippen LogP contribution < -0.4 is 4.31 Å². The molecule has 0 aliphatic heterocycles. The molecule has 23 heavy (non-hydrogen) atoms. The van der Waals surface area contributed by atoms with Crippen LogP contribution in [0.15, 0.2) is 41.3 Å². The first-order valence-electron chi connectivity index (χ1n) is 6.42. The second kappa shape index (κ2) is 6.17. The van der Waals surface area contributed by atoms with Crippen molar-refractivity contribution in [3.05, 3.63) is 58.4 Å². The van der Waals surface area contributed by atoms with Crippen molar-refractivity contribution in [2.45, 2.75) is 11.8 Å². The molecule has 8 heteroatoms. The van der Waals surface area contributed by atoms with Gasteiger partial charge in [0.15, 0.2) is 0 Å². The molecule has 0 aliphatic rings. The summed E-state index contributed by atoms with van der Waals surface area (Å²) in [5, 5.41) is 9.31. The summed E-state index contributed by atoms with van der Waals surface area (Å²) in [6.45, 7) is 1.78. The van der Waals surface area contributed by atoms with Crippen molar-refractivity contribution in [2.75, 3.05) is 11.4 Å². The van der Waals surface area contributed by atoms with Crippen LogP contribution >= 0.6 is 11.6 Å². The fraction of sp³-hybridized carbons (Fsp3) is 0.133. The molecule has 0 radical (unpaired) electrons. The van der Waals surface area contributed by atoms with E-state index in [0.717, 1.165) is 28.1 Å². The number of hydrogen-bond donors (Lipinski definition) is 1. The first kappa shape index (κ1) is 17.2. The second-order valence-electron chi connectivity index (χ2n) is 4.85. The summed E-state index contributed by atoms with van der Waals surface area (Å²) in [5.41, 5.74) is 0.388. The number of benzene rings is 2. The summed E-state index contributed by atoms with van der Waals surface area (Å²) in [4.78, 5) is 10.6. The molecular weight excluding hydrogens is 345 g/mol. The van der Waals surface area contributed by atoms with Crippen molar-refractivity contribution >= 4 is 33.3 Å². The van der Waals surface area contributed by atoms with Gasteiger partial charge in [-0.25, -0.2) is 17.6 Å². The molecule has 2 aromatic rings. The number of hydrogen-bond acceptors (Lipinski definition) is 3. The Morgan fingerprint density at radius 3 is 2.43 bits per heavy atom. The van der Waals surface area contributed by atoms with E-state index < -0.39 is 27.4 Å². The number of carbonyl (C=O) groups is 1. The van der Waals surface area contributed by atoms with Crippen molar-refractivity contribution in [1.29, 1.82) is 0 Å². The van der Waals surface area contributed by atoms with Crippen LogP contribution in [0.5, 0.6) is 0 Å². The fourth-order valence-electron chi connectivity index (χ4n) is 1.90. The lowest BCUT2D eigenvalue weighted by atomic mass is 10.2. The number of anilines is 1. The second-order valence-corrected chi connectivity index (χ2v) is 7.23. The van der Waals surface area contributed by atoms with Crippen LogP contribution in [-0.2, 0) is 10.0 Å². The lowest BCUT2D eigenvalue weighted by Gasteiger charge is -2.20. The summed E-state index contributed by atoms with van der Waals surface area (Å²) in [6, 6.07) is 7.34. The third-order valence-corrected chi connectivity index (χ3v) is 5.53. The Balaban J connectivity index is 2.51. The van der Waals surface area contributed by atoms with Gasteiger partial charge in [-0.15, -0.1) is 0 Å². The van der Waals surface area contributed by atoms with Gasteiger partial charge in [0.25, 0.3) is 10.0 Å². The molecule has 0 heterocycles. The topological polar surface area (TPSA) is 74.7 Å². The molecule has 0 fully saturated rings. The summed E-state index contributed by atoms with van der Waals surface area (Å²) in [5.74, 6) is -2.54. The Labute approximate surface area is 138 Å². The van der Waals surface area contributed by atoms with Crippen LogP contribution in [0.25, 0.3) is 0 Å². The molecule has 0 aliphatic carbocycles. The Hall–Kier alpha value is -2.12. The molecule has 0 bridgehead atoms. The molecule has 2 aromatic carbocycles. The Morgan fingerprint density at radius 2 is 1.87 bits per heavy atom. The number of carboxylic acids is 1. The minimum absolute atomic E-state index is 0.307. The number of aromatic carboxylic acids is 1. The van der Waals surface area contributed by atoms with Crippen LogP contribution in [0.2, 0.25) is 5.02 Å². The van der Waals surface area contributed by atoms with E-state index in [0.29, 0.717) is 10.7 Å². The minimum atomic E-state index is -4.05. The van der Waals surface area contributed by atoms with Crippen LogP contribution in [0.4, 0.5) is 10.1 Å². The van der Waals surface area contributed by atoms with Crippen molar-refractivity contribution in [2.24, 2.45) is 0 Å². The minimum Gasteiger partial charge on any atom is -0.478 e. The SMILES string of the molecule is Cc1ccc(N(C)S(=O)(=O)c2ccc(F)c(C(=O)O)c2)cc1Cl. The normalized spacial score (nSPS) is 11.3. The van der Waals surface area contributed by atoms with Crippen molar-refractivity contribution < 1.29 is 22.7 Å². The van der Waals surface area contributed by atoms with Crippen molar-refractivity contribution in [1.82, 2.24) is 0 Å². The van der Waals surface area contributed by atoms with Crippen molar-refractivity contribution in [3.8, 4) is 0 Å². The van der Waals surface area contributed by atoms with Gasteiger partial charge in [-0.3, -0.25) is 4.31 Å². The van der Waals surface area contributed by atoms with Gasteiger partial charge in [0.1, 0.15) is 5.82 Å². The predicted octanol–water partition coefficient (Wildman–Crippen LogP) is 3.31. The monoisotopic (exact) mass is 357 g/mol. The molecule has 0 saturated heterocycles. The zero-order valence-corrected chi connectivity index (χ0v) is 13.8. The van der Waals surface area contributed by atoms with Crippen LogP contribution in [-0.4, -0.2) is 26.5 Å². The van der Waals surface area contributed by atoms with Crippen LogP contribution in [0, 0.1) is 12.7 Å². The highest BCUT2D eigenvalue weighted by Crippen LogP contribution is 2.27. The molecule has 122 valence electrons. The molecular formula is C15H13ClFNO4S. The van der Waals surface area contributed by atoms with Gasteiger partial charge in [0.2, 0.25) is 0 Å². The Kier molecular flexibility index (Phi) is 4.63. The maximum atomic E-state index is 13.4. The molecule has 0 atom stereocenters. The number of sulfonamides is 1. The van der Waals surface area contributed by atoms with E-state index in [-0.39, 0.29) is 4.90 Å². The maximum Gasteiger partial charge on any atom is 0.338 e. The highest BCUT2D eigenvalue weighted by molar-refractivity contribution is 7.92. The number of rotatable bonds is 4. The molecule has 5 nitrogen and oxygen atoms in total. The van der Waals surface area contributed by atoms with Gasteiger partial charge in [-0.1, -0.05) is 17.7 Å². The van der Waals surface area contributed by atoms with E-state index in [1.165, 1.54) is 13.1 Å². The Morgan fingerprint density at radius 1 is 1.22 bits per heavy atom. The van der Waals surface area contributed by atoms with Gasteiger partial charge in [-0.05, 0) is 42.8 Å². The van der Waals surface area contributed by atoms with E-state index in [4.69, 9.17) is 16.7 Å².